The minimum absolute atomic E-state index is 0.137. The van der Waals surface area contributed by atoms with Gasteiger partial charge >= 0.3 is 6.09 Å². The first-order valence-corrected chi connectivity index (χ1v) is 7.36. The molecule has 0 heterocycles. The highest BCUT2D eigenvalue weighted by Gasteiger charge is 2.17. The first-order chi connectivity index (χ1) is 11.2. The Labute approximate surface area is 135 Å². The molecule has 1 amide bonds. The number of rotatable bonds is 7. The molecule has 1 atom stereocenters. The van der Waals surface area contributed by atoms with Gasteiger partial charge in [-0.05, 0) is 17.2 Å². The Morgan fingerprint density at radius 3 is 2.26 bits per heavy atom. The van der Waals surface area contributed by atoms with Crippen LogP contribution in [0.4, 0.5) is 4.79 Å². The van der Waals surface area contributed by atoms with E-state index in [1.165, 1.54) is 6.08 Å². The van der Waals surface area contributed by atoms with Gasteiger partial charge in [-0.25, -0.2) is 4.79 Å². The number of nitrogens with one attached hydrogen (secondary N) is 1. The fourth-order valence-corrected chi connectivity index (χ4v) is 2.13. The molecule has 1 N–H and O–H groups in total. The molecule has 0 fully saturated rings. The summed E-state index contributed by atoms with van der Waals surface area (Å²) < 4.78 is 5.21. The average Bonchev–Trinajstić information content (AvgIpc) is 2.61. The van der Waals surface area contributed by atoms with E-state index in [0.717, 1.165) is 11.1 Å². The number of hydrogen-bond acceptors (Lipinski definition) is 3. The number of carbonyl (C=O) groups excluding carboxylic acids is 2. The van der Waals surface area contributed by atoms with Crippen molar-refractivity contribution in [2.24, 2.45) is 0 Å². The number of hydrogen-bond donors (Lipinski definition) is 1. The second kappa shape index (κ2) is 8.54. The van der Waals surface area contributed by atoms with Gasteiger partial charge in [-0.15, -0.1) is 0 Å². The molecular formula is C19H19NO3. The smallest absolute Gasteiger partial charge is 0.407 e. The third-order valence-electron chi connectivity index (χ3n) is 3.34. The maximum Gasteiger partial charge on any atom is 0.407 e. The molecule has 0 bridgehead atoms. The number of benzene rings is 2. The van der Waals surface area contributed by atoms with Crippen molar-refractivity contribution in [3.8, 4) is 0 Å². The number of ketones is 1. The van der Waals surface area contributed by atoms with E-state index in [2.05, 4.69) is 11.9 Å². The van der Waals surface area contributed by atoms with Crippen molar-refractivity contribution in [3.63, 3.8) is 0 Å². The predicted molar refractivity (Wildman–Crippen MR) is 88.8 cm³/mol. The van der Waals surface area contributed by atoms with Crippen LogP contribution in [0.25, 0.3) is 0 Å². The fraction of sp³-hybridized carbons (Fsp3) is 0.158. The lowest BCUT2D eigenvalue weighted by molar-refractivity contribution is -0.115. The summed E-state index contributed by atoms with van der Waals surface area (Å²) in [5, 5.41) is 2.74. The molecule has 0 radical (unpaired) electrons. The Kier molecular flexibility index (Phi) is 6.12. The first kappa shape index (κ1) is 16.5. The van der Waals surface area contributed by atoms with E-state index >= 15 is 0 Å². The zero-order valence-electron chi connectivity index (χ0n) is 12.8. The highest BCUT2D eigenvalue weighted by molar-refractivity contribution is 5.90. The molecule has 118 valence electrons. The Bertz CT molecular complexity index is 653. The summed E-state index contributed by atoms with van der Waals surface area (Å²) in [6, 6.07) is 18.3. The van der Waals surface area contributed by atoms with E-state index in [0.29, 0.717) is 0 Å². The largest absolute Gasteiger partial charge is 0.445 e. The lowest BCUT2D eigenvalue weighted by Gasteiger charge is -2.18. The van der Waals surface area contributed by atoms with Crippen LogP contribution in [-0.2, 0) is 16.1 Å². The summed E-state index contributed by atoms with van der Waals surface area (Å²) in [5.74, 6) is -0.137. The van der Waals surface area contributed by atoms with Crippen molar-refractivity contribution < 1.29 is 14.3 Å². The van der Waals surface area contributed by atoms with Crippen LogP contribution in [0.15, 0.2) is 73.3 Å². The van der Waals surface area contributed by atoms with Gasteiger partial charge in [0, 0.05) is 6.42 Å². The van der Waals surface area contributed by atoms with Gasteiger partial charge in [0.05, 0.1) is 6.04 Å². The Morgan fingerprint density at radius 1 is 1.04 bits per heavy atom. The molecule has 2 aromatic rings. The molecule has 0 unspecified atom stereocenters. The third kappa shape index (κ3) is 5.43. The van der Waals surface area contributed by atoms with Gasteiger partial charge in [-0.2, -0.15) is 0 Å². The SMILES string of the molecule is C=CC(=O)C[C@H](NC(=O)OCc1ccccc1)c1ccccc1. The summed E-state index contributed by atoms with van der Waals surface area (Å²) in [5.41, 5.74) is 1.75. The van der Waals surface area contributed by atoms with Crippen LogP contribution >= 0.6 is 0 Å². The van der Waals surface area contributed by atoms with Crippen molar-refractivity contribution >= 4 is 11.9 Å². The summed E-state index contributed by atoms with van der Waals surface area (Å²) in [6.45, 7) is 3.65. The first-order valence-electron chi connectivity index (χ1n) is 7.36. The minimum atomic E-state index is -0.556. The van der Waals surface area contributed by atoms with Gasteiger partial charge < -0.3 is 10.1 Å². The Hall–Kier alpha value is -2.88. The van der Waals surface area contributed by atoms with E-state index in [1.807, 2.05) is 60.7 Å². The molecule has 4 heteroatoms. The van der Waals surface area contributed by atoms with Crippen LogP contribution in [0, 0.1) is 0 Å². The number of ether oxygens (including phenoxy) is 1. The number of amides is 1. The van der Waals surface area contributed by atoms with Crippen LogP contribution in [0.2, 0.25) is 0 Å². The van der Waals surface area contributed by atoms with Crippen LogP contribution < -0.4 is 5.32 Å². The van der Waals surface area contributed by atoms with Crippen LogP contribution in [0.3, 0.4) is 0 Å². The van der Waals surface area contributed by atoms with Crippen LogP contribution in [0.1, 0.15) is 23.6 Å². The van der Waals surface area contributed by atoms with E-state index in [1.54, 1.807) is 0 Å². The van der Waals surface area contributed by atoms with Crippen molar-refractivity contribution in [1.82, 2.24) is 5.32 Å². The van der Waals surface area contributed by atoms with E-state index in [9.17, 15) is 9.59 Å². The van der Waals surface area contributed by atoms with E-state index < -0.39 is 12.1 Å². The van der Waals surface area contributed by atoms with E-state index in [-0.39, 0.29) is 18.8 Å². The van der Waals surface area contributed by atoms with E-state index in [4.69, 9.17) is 4.74 Å². The van der Waals surface area contributed by atoms with Gasteiger partial charge in [-0.1, -0.05) is 67.2 Å². The molecule has 0 saturated carbocycles. The van der Waals surface area contributed by atoms with Gasteiger partial charge in [0.15, 0.2) is 5.78 Å². The van der Waals surface area contributed by atoms with Gasteiger partial charge in [0.1, 0.15) is 6.61 Å². The number of carbonyl (C=O) groups is 2. The fourth-order valence-electron chi connectivity index (χ4n) is 2.13. The van der Waals surface area contributed by atoms with Crippen molar-refractivity contribution in [3.05, 3.63) is 84.4 Å². The van der Waals surface area contributed by atoms with Gasteiger partial charge in [0.25, 0.3) is 0 Å². The molecule has 2 rings (SSSR count). The highest BCUT2D eigenvalue weighted by Crippen LogP contribution is 2.17. The Morgan fingerprint density at radius 2 is 1.65 bits per heavy atom. The van der Waals surface area contributed by atoms with Crippen LogP contribution in [-0.4, -0.2) is 11.9 Å². The highest BCUT2D eigenvalue weighted by atomic mass is 16.5. The molecule has 0 aromatic heterocycles. The maximum atomic E-state index is 12.0. The van der Waals surface area contributed by atoms with Crippen LogP contribution in [0.5, 0.6) is 0 Å². The van der Waals surface area contributed by atoms with Crippen molar-refractivity contribution in [1.29, 1.82) is 0 Å². The molecule has 0 aliphatic carbocycles. The zero-order chi connectivity index (χ0) is 16.5. The lowest BCUT2D eigenvalue weighted by atomic mass is 10.0. The number of allylic oxidation sites excluding steroid dienone is 1. The monoisotopic (exact) mass is 309 g/mol. The van der Waals surface area contributed by atoms with Gasteiger partial charge in [0.2, 0.25) is 0 Å². The molecular weight excluding hydrogens is 290 g/mol. The Balaban J connectivity index is 1.97. The molecule has 4 nitrogen and oxygen atoms in total. The number of alkyl carbamates (subject to hydrolysis) is 1. The normalized spacial score (nSPS) is 11.3. The van der Waals surface area contributed by atoms with Crippen molar-refractivity contribution in [2.45, 2.75) is 19.1 Å². The molecule has 0 spiro atoms. The molecule has 0 saturated heterocycles. The third-order valence-corrected chi connectivity index (χ3v) is 3.34. The second-order valence-corrected chi connectivity index (χ2v) is 5.04. The second-order valence-electron chi connectivity index (χ2n) is 5.04. The van der Waals surface area contributed by atoms with Gasteiger partial charge in [-0.3, -0.25) is 4.79 Å². The average molecular weight is 309 g/mol. The lowest BCUT2D eigenvalue weighted by Crippen LogP contribution is -2.30. The molecule has 23 heavy (non-hydrogen) atoms. The predicted octanol–water partition coefficient (Wildman–Crippen LogP) is 3.80. The molecule has 2 aromatic carbocycles. The molecule has 0 aliphatic heterocycles. The standard InChI is InChI=1S/C19H19NO3/c1-2-17(21)13-18(16-11-7-4-8-12-16)20-19(22)23-14-15-9-5-3-6-10-15/h2-12,18H,1,13-14H2,(H,20,22)/t18-/m0/s1. The van der Waals surface area contributed by atoms with Crippen molar-refractivity contribution in [2.75, 3.05) is 0 Å². The summed E-state index contributed by atoms with van der Waals surface area (Å²) in [6.07, 6.45) is 0.848. The summed E-state index contributed by atoms with van der Waals surface area (Å²) in [7, 11) is 0. The molecule has 0 aliphatic rings. The minimum Gasteiger partial charge on any atom is -0.445 e. The summed E-state index contributed by atoms with van der Waals surface area (Å²) in [4.78, 5) is 23.6. The maximum absolute atomic E-state index is 12.0. The summed E-state index contributed by atoms with van der Waals surface area (Å²) >= 11 is 0. The quantitative estimate of drug-likeness (QED) is 0.791. The zero-order valence-corrected chi connectivity index (χ0v) is 12.8. The topological polar surface area (TPSA) is 55.4 Å².